The van der Waals surface area contributed by atoms with Crippen LogP contribution in [0.2, 0.25) is 0 Å². The highest BCUT2D eigenvalue weighted by molar-refractivity contribution is 6.58. The van der Waals surface area contributed by atoms with E-state index in [-0.39, 0.29) is 0 Å². The van der Waals surface area contributed by atoms with E-state index < -0.39 is 7.12 Å². The zero-order valence-electron chi connectivity index (χ0n) is 6.77. The monoisotopic (exact) mass is 167 g/mol. The average Bonchev–Trinajstić information content (AvgIpc) is 2.05. The van der Waals surface area contributed by atoms with E-state index in [1.54, 1.807) is 19.2 Å². The largest absolute Gasteiger partial charge is 0.488 e. The summed E-state index contributed by atoms with van der Waals surface area (Å²) < 4.78 is 4.84. The number of rotatable bonds is 3. The van der Waals surface area contributed by atoms with Crippen molar-refractivity contribution in [2.45, 2.75) is 6.61 Å². The van der Waals surface area contributed by atoms with Gasteiger partial charge in [-0.25, -0.2) is 0 Å². The van der Waals surface area contributed by atoms with Crippen molar-refractivity contribution < 1.29 is 14.8 Å². The predicted octanol–water partition coefficient (Wildman–Crippen LogP) is -1.09. The van der Waals surface area contributed by atoms with Crippen LogP contribution in [0, 0.1) is 0 Å². The van der Waals surface area contributed by atoms with Crippen molar-refractivity contribution in [3.8, 4) is 0 Å². The Morgan fingerprint density at radius 2 is 2.33 bits per heavy atom. The van der Waals surface area contributed by atoms with E-state index in [0.717, 1.165) is 0 Å². The van der Waals surface area contributed by atoms with Crippen LogP contribution in [0.15, 0.2) is 18.3 Å². The minimum Gasteiger partial charge on any atom is -0.423 e. The normalized spacial score (nSPS) is 9.92. The topological polar surface area (TPSA) is 62.6 Å². The third kappa shape index (κ3) is 2.30. The van der Waals surface area contributed by atoms with Crippen LogP contribution in [0.25, 0.3) is 0 Å². The van der Waals surface area contributed by atoms with Gasteiger partial charge in [-0.3, -0.25) is 4.98 Å². The van der Waals surface area contributed by atoms with Crippen molar-refractivity contribution in [1.29, 1.82) is 0 Å². The first-order valence-electron chi connectivity index (χ1n) is 3.54. The molecule has 64 valence electrons. The molecule has 1 aromatic heterocycles. The first-order chi connectivity index (χ1) is 5.74. The Balaban J connectivity index is 2.81. The summed E-state index contributed by atoms with van der Waals surface area (Å²) in [5.41, 5.74) is 1.11. The number of hydrogen-bond donors (Lipinski definition) is 2. The maximum atomic E-state index is 8.80. The second-order valence-corrected chi connectivity index (χ2v) is 2.39. The van der Waals surface area contributed by atoms with Crippen LogP contribution in [-0.4, -0.2) is 29.3 Å². The van der Waals surface area contributed by atoms with E-state index in [1.165, 1.54) is 6.20 Å². The molecule has 0 saturated carbocycles. The Hall–Kier alpha value is -0.905. The summed E-state index contributed by atoms with van der Waals surface area (Å²) in [5, 5.41) is 17.6. The highest BCUT2D eigenvalue weighted by Gasteiger charge is 2.10. The molecule has 5 heteroatoms. The first-order valence-corrected chi connectivity index (χ1v) is 3.54. The Bertz CT molecular complexity index is 254. The molecule has 0 bridgehead atoms. The van der Waals surface area contributed by atoms with Crippen molar-refractivity contribution in [1.82, 2.24) is 4.98 Å². The van der Waals surface area contributed by atoms with Crippen LogP contribution in [0.4, 0.5) is 0 Å². The smallest absolute Gasteiger partial charge is 0.423 e. The van der Waals surface area contributed by atoms with Crippen molar-refractivity contribution in [2.24, 2.45) is 0 Å². The van der Waals surface area contributed by atoms with E-state index in [2.05, 4.69) is 4.98 Å². The molecule has 1 rings (SSSR count). The third-order valence-electron chi connectivity index (χ3n) is 1.43. The Morgan fingerprint density at radius 1 is 1.58 bits per heavy atom. The van der Waals surface area contributed by atoms with Gasteiger partial charge >= 0.3 is 7.12 Å². The van der Waals surface area contributed by atoms with Crippen LogP contribution in [-0.2, 0) is 11.3 Å². The molecule has 0 amide bonds. The van der Waals surface area contributed by atoms with Gasteiger partial charge in [0.25, 0.3) is 0 Å². The molecule has 0 atom stereocenters. The fraction of sp³-hybridized carbons (Fsp3) is 0.286. The summed E-state index contributed by atoms with van der Waals surface area (Å²) in [6.07, 6.45) is 1.52. The lowest BCUT2D eigenvalue weighted by molar-refractivity contribution is 0.181. The summed E-state index contributed by atoms with van der Waals surface area (Å²) in [4.78, 5) is 3.96. The van der Waals surface area contributed by atoms with Gasteiger partial charge in [-0.2, -0.15) is 0 Å². The van der Waals surface area contributed by atoms with Gasteiger partial charge in [-0.15, -0.1) is 0 Å². The molecule has 0 unspecified atom stereocenters. The molecule has 1 heterocycles. The number of nitrogens with zero attached hydrogens (tertiary/aromatic N) is 1. The number of ether oxygens (including phenoxy) is 1. The lowest BCUT2D eigenvalue weighted by atomic mass is 9.81. The molecule has 0 saturated heterocycles. The highest BCUT2D eigenvalue weighted by atomic mass is 16.5. The quantitative estimate of drug-likeness (QED) is 0.561. The summed E-state index contributed by atoms with van der Waals surface area (Å²) in [7, 11) is 0.118. The van der Waals surface area contributed by atoms with Gasteiger partial charge in [0.2, 0.25) is 0 Å². The van der Waals surface area contributed by atoms with Crippen molar-refractivity contribution in [2.75, 3.05) is 7.11 Å². The second kappa shape index (κ2) is 4.20. The van der Waals surface area contributed by atoms with Gasteiger partial charge in [0.05, 0.1) is 12.3 Å². The first kappa shape index (κ1) is 9.19. The maximum absolute atomic E-state index is 8.80. The summed E-state index contributed by atoms with van der Waals surface area (Å²) in [6.45, 7) is 0.376. The second-order valence-electron chi connectivity index (χ2n) is 2.39. The molecule has 12 heavy (non-hydrogen) atoms. The molecule has 0 aliphatic rings. The molecular weight excluding hydrogens is 157 g/mol. The average molecular weight is 167 g/mol. The van der Waals surface area contributed by atoms with Crippen LogP contribution in [0.3, 0.4) is 0 Å². The molecule has 0 fully saturated rings. The van der Waals surface area contributed by atoms with Gasteiger partial charge in [0, 0.05) is 13.3 Å². The molecule has 0 radical (unpaired) electrons. The van der Waals surface area contributed by atoms with Crippen molar-refractivity contribution in [3.63, 3.8) is 0 Å². The highest BCUT2D eigenvalue weighted by Crippen LogP contribution is 1.93. The van der Waals surface area contributed by atoms with Crippen molar-refractivity contribution in [3.05, 3.63) is 24.0 Å². The molecule has 0 aliphatic heterocycles. The maximum Gasteiger partial charge on any atom is 0.488 e. The number of aromatic nitrogens is 1. The molecule has 2 N–H and O–H groups in total. The fourth-order valence-corrected chi connectivity index (χ4v) is 0.884. The number of hydrogen-bond acceptors (Lipinski definition) is 4. The molecule has 0 spiro atoms. The fourth-order valence-electron chi connectivity index (χ4n) is 0.884. The lowest BCUT2D eigenvalue weighted by Crippen LogP contribution is -2.30. The number of pyridine rings is 1. The summed E-state index contributed by atoms with van der Waals surface area (Å²) in [6, 6.07) is 3.14. The van der Waals surface area contributed by atoms with Crippen LogP contribution < -0.4 is 5.46 Å². The molecule has 1 aromatic rings. The molecular formula is C7H10BNO3. The Labute approximate surface area is 71.0 Å². The van der Waals surface area contributed by atoms with Gasteiger partial charge in [0.15, 0.2) is 0 Å². The van der Waals surface area contributed by atoms with Gasteiger partial charge in [-0.1, -0.05) is 0 Å². The predicted molar refractivity (Wildman–Crippen MR) is 44.8 cm³/mol. The summed E-state index contributed by atoms with van der Waals surface area (Å²) in [5.74, 6) is 0. The standard InChI is InChI=1S/C7H10BNO3/c1-12-5-7-4-6(8(10)11)2-3-9-7/h2-4,10-11H,5H2,1H3. The minimum atomic E-state index is -1.44. The van der Waals surface area contributed by atoms with E-state index >= 15 is 0 Å². The van der Waals surface area contributed by atoms with E-state index in [0.29, 0.717) is 17.8 Å². The van der Waals surface area contributed by atoms with Crippen LogP contribution >= 0.6 is 0 Å². The zero-order chi connectivity index (χ0) is 8.97. The Morgan fingerprint density at radius 3 is 2.92 bits per heavy atom. The van der Waals surface area contributed by atoms with E-state index in [4.69, 9.17) is 14.8 Å². The minimum absolute atomic E-state index is 0.376. The summed E-state index contributed by atoms with van der Waals surface area (Å²) >= 11 is 0. The SMILES string of the molecule is COCc1cc(B(O)O)ccn1. The number of methoxy groups -OCH3 is 1. The molecule has 0 aliphatic carbocycles. The van der Waals surface area contributed by atoms with Crippen molar-refractivity contribution >= 4 is 12.6 Å². The third-order valence-corrected chi connectivity index (χ3v) is 1.43. The lowest BCUT2D eigenvalue weighted by Gasteiger charge is -2.01. The van der Waals surface area contributed by atoms with Gasteiger partial charge in [0.1, 0.15) is 0 Å². The molecule has 0 aromatic carbocycles. The van der Waals surface area contributed by atoms with Gasteiger partial charge in [-0.05, 0) is 17.6 Å². The van der Waals surface area contributed by atoms with E-state index in [1.807, 2.05) is 0 Å². The van der Waals surface area contributed by atoms with Crippen LogP contribution in [0.5, 0.6) is 0 Å². The molecule has 4 nitrogen and oxygen atoms in total. The van der Waals surface area contributed by atoms with Gasteiger partial charge < -0.3 is 14.8 Å². The van der Waals surface area contributed by atoms with E-state index in [9.17, 15) is 0 Å². The Kier molecular flexibility index (Phi) is 3.22. The van der Waals surface area contributed by atoms with Crippen LogP contribution in [0.1, 0.15) is 5.69 Å². The zero-order valence-corrected chi connectivity index (χ0v) is 6.77.